The largest absolute Gasteiger partial charge is 0.457 e. The van der Waals surface area contributed by atoms with Crippen molar-refractivity contribution in [2.75, 3.05) is 11.7 Å². The molecular formula is C35H28N2O4S2. The number of rotatable bonds is 6. The van der Waals surface area contributed by atoms with E-state index in [9.17, 15) is 9.59 Å². The maximum absolute atomic E-state index is 13.5. The van der Waals surface area contributed by atoms with Gasteiger partial charge in [0.15, 0.2) is 0 Å². The smallest absolute Gasteiger partial charge is 0.437 e. The first kappa shape index (κ1) is 27.2. The highest BCUT2D eigenvalue weighted by molar-refractivity contribution is 8.34. The van der Waals surface area contributed by atoms with Crippen LogP contribution in [-0.2, 0) is 15.1 Å². The minimum absolute atomic E-state index is 0.497. The van der Waals surface area contributed by atoms with Crippen LogP contribution in [0.15, 0.2) is 152 Å². The molecule has 0 radical (unpaired) electrons. The van der Waals surface area contributed by atoms with Gasteiger partial charge < -0.3 is 9.47 Å². The second kappa shape index (κ2) is 10.6. The third-order valence-corrected chi connectivity index (χ3v) is 12.9. The molecule has 2 aliphatic rings. The van der Waals surface area contributed by atoms with Gasteiger partial charge in [-0.25, -0.2) is 4.79 Å². The minimum atomic E-state index is -1.51. The van der Waals surface area contributed by atoms with Crippen molar-refractivity contribution in [2.45, 2.75) is 37.0 Å². The molecule has 2 aliphatic heterocycles. The summed E-state index contributed by atoms with van der Waals surface area (Å²) in [6, 6.07) is 41.6. The predicted molar refractivity (Wildman–Crippen MR) is 169 cm³/mol. The number of hydrogen-bond donors (Lipinski definition) is 1. The van der Waals surface area contributed by atoms with Crippen LogP contribution in [0.25, 0.3) is 0 Å². The zero-order chi connectivity index (χ0) is 29.6. The fourth-order valence-corrected chi connectivity index (χ4v) is 10.7. The van der Waals surface area contributed by atoms with Gasteiger partial charge in [-0.2, -0.15) is 10.0 Å². The third kappa shape index (κ3) is 4.63. The van der Waals surface area contributed by atoms with E-state index in [1.165, 1.54) is 24.5 Å². The van der Waals surface area contributed by atoms with Crippen molar-refractivity contribution in [2.24, 2.45) is 0 Å². The van der Waals surface area contributed by atoms with Crippen LogP contribution < -0.4 is 10.2 Å². The average Bonchev–Trinajstić information content (AvgIpc) is 3.26. The number of carbonyl (C=O) groups is 2. The van der Waals surface area contributed by atoms with E-state index in [0.717, 1.165) is 5.01 Å². The van der Waals surface area contributed by atoms with E-state index in [1.54, 1.807) is 31.2 Å². The molecule has 0 saturated carbocycles. The number of amides is 2. The van der Waals surface area contributed by atoms with Gasteiger partial charge in [0, 0.05) is 25.1 Å². The Bertz CT molecular complexity index is 1800. The summed E-state index contributed by atoms with van der Waals surface area (Å²) in [5, 5.41) is 0.944. The van der Waals surface area contributed by atoms with E-state index in [0.29, 0.717) is 22.7 Å². The Hall–Kier alpha value is -4.66. The summed E-state index contributed by atoms with van der Waals surface area (Å²) in [6.07, 6.45) is 1.57. The molecule has 1 unspecified atom stereocenters. The minimum Gasteiger partial charge on any atom is -0.457 e. The highest BCUT2D eigenvalue weighted by Gasteiger charge is 2.52. The van der Waals surface area contributed by atoms with Gasteiger partial charge in [-0.15, -0.1) is 5.01 Å². The number of carbonyl (C=O) groups excluding carboxylic acids is 2. The van der Waals surface area contributed by atoms with Crippen LogP contribution in [0.4, 0.5) is 10.5 Å². The zero-order valence-electron chi connectivity index (χ0n) is 23.5. The molecule has 6 nitrogen and oxygen atoms in total. The predicted octanol–water partition coefficient (Wildman–Crippen LogP) is 9.08. The molecule has 2 heterocycles. The van der Waals surface area contributed by atoms with Crippen molar-refractivity contribution in [1.29, 1.82) is 0 Å². The van der Waals surface area contributed by atoms with E-state index in [1.807, 2.05) is 54.2 Å². The number of ether oxygens (including phenoxy) is 2. The number of hydrogen-bond acceptors (Lipinski definition) is 6. The number of nitrogens with zero attached hydrogens (tertiary/aromatic N) is 1. The average molecular weight is 605 g/mol. The Morgan fingerprint density at radius 1 is 0.721 bits per heavy atom. The Balaban J connectivity index is 1.12. The van der Waals surface area contributed by atoms with Gasteiger partial charge in [0.2, 0.25) is 5.60 Å². The molecule has 8 heteroatoms. The van der Waals surface area contributed by atoms with Crippen LogP contribution in [0.5, 0.6) is 11.5 Å². The summed E-state index contributed by atoms with van der Waals surface area (Å²) in [7, 11) is -1.51. The fraction of sp³-hybridized carbons (Fsp3) is 0.0857. The first-order chi connectivity index (χ1) is 20.9. The SMILES string of the molecule is CC1(c2ccc(Oc3ccccc3)cc2)OC(=O)N(Nc2ccc(S3(C)c4ccccc4Sc4ccccc43)cc2)C1=O. The highest BCUT2D eigenvalue weighted by Crippen LogP contribution is 2.72. The van der Waals surface area contributed by atoms with E-state index in [2.05, 4.69) is 72.3 Å². The second-order valence-corrected chi connectivity index (χ2v) is 14.8. The van der Waals surface area contributed by atoms with Crippen molar-refractivity contribution >= 4 is 39.5 Å². The number of anilines is 1. The lowest BCUT2D eigenvalue weighted by Gasteiger charge is -2.42. The monoisotopic (exact) mass is 604 g/mol. The van der Waals surface area contributed by atoms with Gasteiger partial charge >= 0.3 is 6.09 Å². The van der Waals surface area contributed by atoms with E-state index >= 15 is 0 Å². The molecule has 1 saturated heterocycles. The zero-order valence-corrected chi connectivity index (χ0v) is 25.2. The fourth-order valence-electron chi connectivity index (χ4n) is 5.47. The lowest BCUT2D eigenvalue weighted by Crippen LogP contribution is -2.40. The molecule has 1 atom stereocenters. The molecule has 5 aromatic rings. The van der Waals surface area contributed by atoms with Gasteiger partial charge in [0.05, 0.1) is 5.69 Å². The molecule has 0 bridgehead atoms. The molecule has 0 spiro atoms. The molecule has 43 heavy (non-hydrogen) atoms. The van der Waals surface area contributed by atoms with Crippen molar-refractivity contribution in [3.63, 3.8) is 0 Å². The van der Waals surface area contributed by atoms with Crippen molar-refractivity contribution < 1.29 is 19.1 Å². The lowest BCUT2D eigenvalue weighted by molar-refractivity contribution is -0.135. The molecule has 214 valence electrons. The van der Waals surface area contributed by atoms with E-state index in [-0.39, 0.29) is 0 Å². The summed E-state index contributed by atoms with van der Waals surface area (Å²) < 4.78 is 11.5. The molecular weight excluding hydrogens is 577 g/mol. The van der Waals surface area contributed by atoms with Gasteiger partial charge in [-0.3, -0.25) is 10.2 Å². The summed E-state index contributed by atoms with van der Waals surface area (Å²) in [6.45, 7) is 1.60. The molecule has 7 rings (SSSR count). The number of nitrogens with one attached hydrogen (secondary N) is 1. The maximum atomic E-state index is 13.5. The van der Waals surface area contributed by atoms with Crippen molar-refractivity contribution in [1.82, 2.24) is 5.01 Å². The maximum Gasteiger partial charge on any atom is 0.437 e. The lowest BCUT2D eigenvalue weighted by atomic mass is 9.95. The number of hydrazine groups is 1. The molecule has 5 aromatic carbocycles. The quantitative estimate of drug-likeness (QED) is 0.209. The van der Waals surface area contributed by atoms with Crippen LogP contribution in [0.2, 0.25) is 0 Å². The normalized spacial score (nSPS) is 19.2. The van der Waals surface area contributed by atoms with Crippen molar-refractivity contribution in [3.05, 3.63) is 133 Å². The number of fused-ring (bicyclic) bond motifs is 2. The highest BCUT2D eigenvalue weighted by atomic mass is 32.3. The Morgan fingerprint density at radius 2 is 1.28 bits per heavy atom. The topological polar surface area (TPSA) is 67.9 Å². The molecule has 1 fully saturated rings. The summed E-state index contributed by atoms with van der Waals surface area (Å²) in [4.78, 5) is 32.9. The van der Waals surface area contributed by atoms with E-state index in [4.69, 9.17) is 9.47 Å². The van der Waals surface area contributed by atoms with Gasteiger partial charge in [0.25, 0.3) is 5.91 Å². The summed E-state index contributed by atoms with van der Waals surface area (Å²) in [5.74, 6) is 0.823. The van der Waals surface area contributed by atoms with Crippen LogP contribution in [-0.4, -0.2) is 23.3 Å². The van der Waals surface area contributed by atoms with Crippen LogP contribution >= 0.6 is 21.8 Å². The Morgan fingerprint density at radius 3 is 1.91 bits per heavy atom. The molecule has 2 amide bonds. The van der Waals surface area contributed by atoms with Crippen molar-refractivity contribution in [3.8, 4) is 11.5 Å². The molecule has 0 aromatic heterocycles. The van der Waals surface area contributed by atoms with Crippen LogP contribution in [0, 0.1) is 0 Å². The first-order valence-corrected chi connectivity index (χ1v) is 16.6. The van der Waals surface area contributed by atoms with Gasteiger partial charge in [-0.05, 0) is 90.9 Å². The first-order valence-electron chi connectivity index (χ1n) is 13.8. The summed E-state index contributed by atoms with van der Waals surface area (Å²) >= 11 is 1.81. The van der Waals surface area contributed by atoms with Crippen LogP contribution in [0.1, 0.15) is 12.5 Å². The van der Waals surface area contributed by atoms with E-state index < -0.39 is 27.6 Å². The molecule has 0 aliphatic carbocycles. The Labute approximate surface area is 255 Å². The standard InChI is InChI=1S/C35H28N2O4S2/c1-35(24-16-20-27(21-17-24)40-26-10-4-3-5-11-26)33(38)37(34(39)41-35)36-25-18-22-28(23-19-25)43(2)31-14-8-6-12-29(31)42-30-13-7-9-15-32(30)43/h3-23,36H,1-2H3. The third-order valence-electron chi connectivity index (χ3n) is 7.83. The van der Waals surface area contributed by atoms with Crippen LogP contribution in [0.3, 0.4) is 0 Å². The van der Waals surface area contributed by atoms with Gasteiger partial charge in [0.1, 0.15) is 11.5 Å². The number of para-hydroxylation sites is 1. The number of imide groups is 1. The number of benzene rings is 5. The summed E-state index contributed by atoms with van der Waals surface area (Å²) in [5.41, 5.74) is 2.67. The molecule has 1 N–H and O–H groups in total. The second-order valence-electron chi connectivity index (χ2n) is 10.5. The Kier molecular flexibility index (Phi) is 6.68. The van der Waals surface area contributed by atoms with Gasteiger partial charge in [-0.1, -0.05) is 66.4 Å². The number of cyclic esters (lactones) is 1.